The Hall–Kier alpha value is -0.610. The van der Waals surface area contributed by atoms with E-state index in [1.807, 2.05) is 0 Å². The third kappa shape index (κ3) is 4.94. The molecule has 0 radical (unpaired) electrons. The van der Waals surface area contributed by atoms with Gasteiger partial charge in [-0.2, -0.15) is 0 Å². The zero-order valence-corrected chi connectivity index (χ0v) is 10.5. The molecule has 1 heterocycles. The van der Waals surface area contributed by atoms with Gasteiger partial charge in [0.05, 0.1) is 5.92 Å². The first-order valence-corrected chi connectivity index (χ1v) is 6.19. The minimum Gasteiger partial charge on any atom is -0.385 e. The van der Waals surface area contributed by atoms with E-state index in [9.17, 15) is 4.79 Å². The summed E-state index contributed by atoms with van der Waals surface area (Å²) in [5.74, 6) is 0.421. The molecule has 16 heavy (non-hydrogen) atoms. The van der Waals surface area contributed by atoms with Gasteiger partial charge in [-0.25, -0.2) is 0 Å². The third-order valence-corrected chi connectivity index (χ3v) is 3.07. The molecular formula is C12H24N2O2. The van der Waals surface area contributed by atoms with Crippen LogP contribution in [0.5, 0.6) is 0 Å². The molecule has 0 bridgehead atoms. The van der Waals surface area contributed by atoms with E-state index >= 15 is 0 Å². The van der Waals surface area contributed by atoms with Crippen LogP contribution in [0.2, 0.25) is 0 Å². The van der Waals surface area contributed by atoms with Crippen molar-refractivity contribution >= 4 is 5.91 Å². The molecule has 1 N–H and O–H groups in total. The van der Waals surface area contributed by atoms with Gasteiger partial charge in [-0.05, 0) is 39.3 Å². The average Bonchev–Trinajstić information content (AvgIpc) is 2.28. The van der Waals surface area contributed by atoms with E-state index in [0.29, 0.717) is 0 Å². The van der Waals surface area contributed by atoms with E-state index in [2.05, 4.69) is 17.3 Å². The summed E-state index contributed by atoms with van der Waals surface area (Å²) in [6.45, 7) is 3.59. The lowest BCUT2D eigenvalue weighted by atomic mass is 9.97. The molecule has 0 saturated carbocycles. The number of nitrogens with zero attached hydrogens (tertiary/aromatic N) is 1. The molecule has 4 heteroatoms. The zero-order chi connectivity index (χ0) is 11.8. The lowest BCUT2D eigenvalue weighted by molar-refractivity contribution is -0.126. The number of amides is 1. The van der Waals surface area contributed by atoms with Gasteiger partial charge in [0.1, 0.15) is 0 Å². The Morgan fingerprint density at radius 2 is 2.31 bits per heavy atom. The molecule has 1 aliphatic rings. The highest BCUT2D eigenvalue weighted by molar-refractivity contribution is 5.78. The lowest BCUT2D eigenvalue weighted by Gasteiger charge is -2.28. The smallest absolute Gasteiger partial charge is 0.224 e. The van der Waals surface area contributed by atoms with Gasteiger partial charge in [0.25, 0.3) is 0 Å². The Bertz CT molecular complexity index is 209. The van der Waals surface area contributed by atoms with Gasteiger partial charge in [-0.3, -0.25) is 4.79 Å². The van der Waals surface area contributed by atoms with Crippen LogP contribution < -0.4 is 5.32 Å². The molecule has 0 spiro atoms. The topological polar surface area (TPSA) is 41.6 Å². The second-order valence-corrected chi connectivity index (χ2v) is 4.59. The van der Waals surface area contributed by atoms with E-state index < -0.39 is 0 Å². The van der Waals surface area contributed by atoms with Crippen LogP contribution in [0, 0.1) is 5.92 Å². The van der Waals surface area contributed by atoms with E-state index in [1.165, 1.54) is 0 Å². The number of nitrogens with one attached hydrogen (secondary N) is 1. The van der Waals surface area contributed by atoms with Crippen LogP contribution in [0.1, 0.15) is 25.7 Å². The molecule has 1 amide bonds. The number of rotatable bonds is 6. The summed E-state index contributed by atoms with van der Waals surface area (Å²) in [6.07, 6.45) is 4.19. The van der Waals surface area contributed by atoms with Crippen molar-refractivity contribution in [2.24, 2.45) is 5.92 Å². The number of hydrogen-bond acceptors (Lipinski definition) is 3. The van der Waals surface area contributed by atoms with Crippen molar-refractivity contribution in [2.45, 2.75) is 25.7 Å². The molecule has 0 aliphatic carbocycles. The summed E-state index contributed by atoms with van der Waals surface area (Å²) in [5.41, 5.74) is 0. The van der Waals surface area contributed by atoms with E-state index in [4.69, 9.17) is 4.74 Å². The van der Waals surface area contributed by atoms with Crippen molar-refractivity contribution in [1.82, 2.24) is 10.2 Å². The Balaban J connectivity index is 2.09. The monoisotopic (exact) mass is 228 g/mol. The van der Waals surface area contributed by atoms with Crippen LogP contribution >= 0.6 is 0 Å². The predicted molar refractivity (Wildman–Crippen MR) is 64.3 cm³/mol. The first kappa shape index (κ1) is 13.5. The van der Waals surface area contributed by atoms with Gasteiger partial charge in [0.15, 0.2) is 0 Å². The van der Waals surface area contributed by atoms with E-state index in [1.54, 1.807) is 7.11 Å². The summed E-state index contributed by atoms with van der Waals surface area (Å²) < 4.78 is 4.96. The first-order valence-electron chi connectivity index (χ1n) is 6.19. The van der Waals surface area contributed by atoms with Gasteiger partial charge < -0.3 is 15.0 Å². The number of hydrogen-bond donors (Lipinski definition) is 1. The van der Waals surface area contributed by atoms with Crippen LogP contribution in [0.15, 0.2) is 0 Å². The second-order valence-electron chi connectivity index (χ2n) is 4.59. The SMILES string of the molecule is COCCCCNC(=O)C1CCCN(C)C1. The number of likely N-dealkylation sites (tertiary alicyclic amines) is 1. The number of methoxy groups -OCH3 is 1. The fourth-order valence-corrected chi connectivity index (χ4v) is 2.11. The maximum atomic E-state index is 11.8. The standard InChI is InChI=1S/C12H24N2O2/c1-14-8-5-6-11(10-14)12(15)13-7-3-4-9-16-2/h11H,3-10H2,1-2H3,(H,13,15). The fraction of sp³-hybridized carbons (Fsp3) is 0.917. The predicted octanol–water partition coefficient (Wildman–Crippen LogP) is 0.871. The van der Waals surface area contributed by atoms with Crippen LogP contribution in [0.3, 0.4) is 0 Å². The Labute approximate surface area is 98.3 Å². The Morgan fingerprint density at radius 1 is 1.50 bits per heavy atom. The van der Waals surface area contributed by atoms with Crippen LogP contribution in [0.4, 0.5) is 0 Å². The van der Waals surface area contributed by atoms with Gasteiger partial charge in [0.2, 0.25) is 5.91 Å². The van der Waals surface area contributed by atoms with Crippen LogP contribution in [-0.2, 0) is 9.53 Å². The lowest BCUT2D eigenvalue weighted by Crippen LogP contribution is -2.41. The molecule has 94 valence electrons. The quantitative estimate of drug-likeness (QED) is 0.686. The maximum Gasteiger partial charge on any atom is 0.224 e. The minimum atomic E-state index is 0.196. The maximum absolute atomic E-state index is 11.8. The molecule has 1 unspecified atom stereocenters. The summed E-state index contributed by atoms with van der Waals surface area (Å²) in [6, 6.07) is 0. The molecule has 1 saturated heterocycles. The Morgan fingerprint density at radius 3 is 3.00 bits per heavy atom. The van der Waals surface area contributed by atoms with Crippen LogP contribution in [0.25, 0.3) is 0 Å². The molecule has 0 aromatic rings. The number of carbonyl (C=O) groups excluding carboxylic acids is 1. The van der Waals surface area contributed by atoms with Crippen LogP contribution in [-0.4, -0.2) is 51.2 Å². The van der Waals surface area contributed by atoms with Crippen molar-refractivity contribution in [3.63, 3.8) is 0 Å². The summed E-state index contributed by atoms with van der Waals surface area (Å²) in [7, 11) is 3.79. The Kier molecular flexibility index (Phi) is 6.42. The van der Waals surface area contributed by atoms with Crippen molar-refractivity contribution in [3.05, 3.63) is 0 Å². The highest BCUT2D eigenvalue weighted by Gasteiger charge is 2.23. The number of unbranched alkanes of at least 4 members (excludes halogenated alkanes) is 1. The van der Waals surface area contributed by atoms with Gasteiger partial charge in [-0.1, -0.05) is 0 Å². The highest BCUT2D eigenvalue weighted by atomic mass is 16.5. The molecule has 1 aliphatic heterocycles. The number of piperidine rings is 1. The largest absolute Gasteiger partial charge is 0.385 e. The second kappa shape index (κ2) is 7.63. The molecule has 1 atom stereocenters. The molecule has 4 nitrogen and oxygen atoms in total. The normalized spacial score (nSPS) is 22.0. The van der Waals surface area contributed by atoms with E-state index in [-0.39, 0.29) is 11.8 Å². The summed E-state index contributed by atoms with van der Waals surface area (Å²) in [5, 5.41) is 3.01. The number of ether oxygens (including phenoxy) is 1. The molecule has 1 fully saturated rings. The van der Waals surface area contributed by atoms with Crippen molar-refractivity contribution in [1.29, 1.82) is 0 Å². The molecule has 1 rings (SSSR count). The third-order valence-electron chi connectivity index (χ3n) is 3.07. The minimum absolute atomic E-state index is 0.196. The zero-order valence-electron chi connectivity index (χ0n) is 10.5. The van der Waals surface area contributed by atoms with Crippen molar-refractivity contribution in [2.75, 3.05) is 40.4 Å². The summed E-state index contributed by atoms with van der Waals surface area (Å²) >= 11 is 0. The van der Waals surface area contributed by atoms with Gasteiger partial charge >= 0.3 is 0 Å². The fourth-order valence-electron chi connectivity index (χ4n) is 2.11. The van der Waals surface area contributed by atoms with Crippen molar-refractivity contribution < 1.29 is 9.53 Å². The first-order chi connectivity index (χ1) is 7.74. The van der Waals surface area contributed by atoms with Gasteiger partial charge in [0, 0.05) is 26.8 Å². The van der Waals surface area contributed by atoms with Crippen molar-refractivity contribution in [3.8, 4) is 0 Å². The molecule has 0 aromatic heterocycles. The average molecular weight is 228 g/mol. The van der Waals surface area contributed by atoms with Gasteiger partial charge in [-0.15, -0.1) is 0 Å². The number of carbonyl (C=O) groups is 1. The molecular weight excluding hydrogens is 204 g/mol. The van der Waals surface area contributed by atoms with E-state index in [0.717, 1.165) is 51.9 Å². The highest BCUT2D eigenvalue weighted by Crippen LogP contribution is 2.14. The summed E-state index contributed by atoms with van der Waals surface area (Å²) in [4.78, 5) is 14.0. The molecule has 0 aromatic carbocycles.